The van der Waals surface area contributed by atoms with Crippen molar-refractivity contribution in [2.75, 3.05) is 32.7 Å². The largest absolute Gasteiger partial charge is 0.373 e. The molecular formula is C26H46N2O2. The maximum Gasteiger partial charge on any atom is 0.0678 e. The average Bonchev–Trinajstić information content (AvgIpc) is 2.60. The first-order valence-corrected chi connectivity index (χ1v) is 11.9. The maximum atomic E-state index is 5.82. The monoisotopic (exact) mass is 418 g/mol. The third-order valence-electron chi connectivity index (χ3n) is 5.80. The van der Waals surface area contributed by atoms with Crippen LogP contribution >= 0.6 is 0 Å². The van der Waals surface area contributed by atoms with Crippen LogP contribution in [-0.4, -0.2) is 62.0 Å². The first-order valence-electron chi connectivity index (χ1n) is 11.9. The molecule has 0 aromatic heterocycles. The van der Waals surface area contributed by atoms with Gasteiger partial charge in [0.05, 0.1) is 24.4 Å². The van der Waals surface area contributed by atoms with Gasteiger partial charge in [-0.25, -0.2) is 0 Å². The Labute approximate surface area is 185 Å². The molecule has 4 heteroatoms. The molecule has 172 valence electrons. The maximum absolute atomic E-state index is 5.82. The average molecular weight is 419 g/mol. The standard InChI is InChI=1S/C20H33NO.C6H13NO/c1-15(12-21-13-16(2)22-17(3)14-21)11-18-7-9-19(10-8-18)20(4,5)6;1-5-3-7-4-6(2)8-5/h7-10,15-17H,11-14H2,1-6H3;5-7H,3-4H2,1-2H3/t15?,16-,17+;. The summed E-state index contributed by atoms with van der Waals surface area (Å²) in [5, 5.41) is 3.26. The van der Waals surface area contributed by atoms with Crippen molar-refractivity contribution in [3.63, 3.8) is 0 Å². The van der Waals surface area contributed by atoms with Crippen molar-refractivity contribution in [2.24, 2.45) is 5.92 Å². The Balaban J connectivity index is 0.000000335. The molecule has 0 aliphatic carbocycles. The molecule has 0 saturated carbocycles. The van der Waals surface area contributed by atoms with Gasteiger partial charge in [-0.1, -0.05) is 52.0 Å². The predicted molar refractivity (Wildman–Crippen MR) is 127 cm³/mol. The molecule has 1 aromatic rings. The lowest BCUT2D eigenvalue weighted by molar-refractivity contribution is -0.0708. The van der Waals surface area contributed by atoms with E-state index in [0.717, 1.165) is 32.6 Å². The molecule has 1 aromatic carbocycles. The number of nitrogens with one attached hydrogen (secondary N) is 1. The van der Waals surface area contributed by atoms with E-state index in [0.29, 0.717) is 30.3 Å². The van der Waals surface area contributed by atoms with Gasteiger partial charge in [0.15, 0.2) is 0 Å². The van der Waals surface area contributed by atoms with Gasteiger partial charge in [0, 0.05) is 32.7 Å². The zero-order valence-corrected chi connectivity index (χ0v) is 20.7. The van der Waals surface area contributed by atoms with Crippen molar-refractivity contribution in [2.45, 2.75) is 91.6 Å². The fourth-order valence-corrected chi connectivity index (χ4v) is 4.46. The Morgan fingerprint density at radius 3 is 1.83 bits per heavy atom. The number of ether oxygens (including phenoxy) is 2. The zero-order valence-electron chi connectivity index (χ0n) is 20.7. The van der Waals surface area contributed by atoms with Crippen LogP contribution in [0, 0.1) is 5.92 Å². The number of hydrogen-bond acceptors (Lipinski definition) is 4. The molecular weight excluding hydrogens is 372 g/mol. The SMILES string of the molecule is CC(Cc1ccc(C(C)(C)C)cc1)CN1C[C@@H](C)O[C@@H](C)C1.CC1CNCC(C)O1. The minimum Gasteiger partial charge on any atom is -0.373 e. The molecule has 2 aliphatic heterocycles. The van der Waals surface area contributed by atoms with E-state index in [4.69, 9.17) is 9.47 Å². The van der Waals surface area contributed by atoms with Gasteiger partial charge in [-0.2, -0.15) is 0 Å². The van der Waals surface area contributed by atoms with Gasteiger partial charge in [0.1, 0.15) is 0 Å². The number of benzene rings is 1. The Kier molecular flexibility index (Phi) is 9.80. The number of nitrogens with zero attached hydrogens (tertiary/aromatic N) is 1. The molecule has 4 nitrogen and oxygen atoms in total. The van der Waals surface area contributed by atoms with Crippen LogP contribution in [-0.2, 0) is 21.3 Å². The Hall–Kier alpha value is -0.940. The highest BCUT2D eigenvalue weighted by Gasteiger charge is 2.23. The topological polar surface area (TPSA) is 33.7 Å². The van der Waals surface area contributed by atoms with Crippen molar-refractivity contribution in [1.29, 1.82) is 0 Å². The van der Waals surface area contributed by atoms with Crippen molar-refractivity contribution in [3.8, 4) is 0 Å². The number of hydrogen-bond donors (Lipinski definition) is 1. The second-order valence-corrected chi connectivity index (χ2v) is 10.6. The van der Waals surface area contributed by atoms with Gasteiger partial charge in [0.2, 0.25) is 0 Å². The predicted octanol–water partition coefficient (Wildman–Crippen LogP) is 4.66. The normalized spacial score (nSPS) is 29.1. The summed E-state index contributed by atoms with van der Waals surface area (Å²) in [4.78, 5) is 2.56. The molecule has 2 heterocycles. The Bertz CT molecular complexity index is 592. The van der Waals surface area contributed by atoms with Crippen molar-refractivity contribution < 1.29 is 9.47 Å². The highest BCUT2D eigenvalue weighted by molar-refractivity contribution is 5.27. The van der Waals surface area contributed by atoms with Gasteiger partial charge >= 0.3 is 0 Å². The molecule has 0 spiro atoms. The molecule has 0 radical (unpaired) electrons. The second-order valence-electron chi connectivity index (χ2n) is 10.6. The van der Waals surface area contributed by atoms with Crippen LogP contribution in [0.2, 0.25) is 0 Å². The lowest BCUT2D eigenvalue weighted by Gasteiger charge is -2.36. The van der Waals surface area contributed by atoms with Gasteiger partial charge in [-0.3, -0.25) is 4.90 Å². The van der Waals surface area contributed by atoms with E-state index in [1.165, 1.54) is 17.7 Å². The summed E-state index contributed by atoms with van der Waals surface area (Å²) in [5.74, 6) is 0.679. The Morgan fingerprint density at radius 1 is 0.900 bits per heavy atom. The third-order valence-corrected chi connectivity index (χ3v) is 5.80. The highest BCUT2D eigenvalue weighted by Crippen LogP contribution is 2.23. The van der Waals surface area contributed by atoms with E-state index in [2.05, 4.69) is 89.9 Å². The van der Waals surface area contributed by atoms with Crippen LogP contribution in [0.25, 0.3) is 0 Å². The van der Waals surface area contributed by atoms with E-state index in [9.17, 15) is 0 Å². The van der Waals surface area contributed by atoms with E-state index < -0.39 is 0 Å². The molecule has 0 amide bonds. The van der Waals surface area contributed by atoms with E-state index in [-0.39, 0.29) is 5.41 Å². The molecule has 3 unspecified atom stereocenters. The molecule has 3 rings (SSSR count). The van der Waals surface area contributed by atoms with Crippen LogP contribution in [0.15, 0.2) is 24.3 Å². The van der Waals surface area contributed by atoms with E-state index in [1.54, 1.807) is 0 Å². The van der Waals surface area contributed by atoms with Gasteiger partial charge in [-0.15, -0.1) is 0 Å². The molecule has 2 aliphatic rings. The first kappa shape index (κ1) is 25.3. The molecule has 5 atom stereocenters. The summed E-state index contributed by atoms with van der Waals surface area (Å²) in [6.45, 7) is 23.0. The van der Waals surface area contributed by atoms with Crippen LogP contribution in [0.3, 0.4) is 0 Å². The summed E-state index contributed by atoms with van der Waals surface area (Å²) in [6.07, 6.45) is 2.69. The van der Waals surface area contributed by atoms with Gasteiger partial charge < -0.3 is 14.8 Å². The van der Waals surface area contributed by atoms with Gasteiger partial charge in [0.25, 0.3) is 0 Å². The zero-order chi connectivity index (χ0) is 22.3. The van der Waals surface area contributed by atoms with E-state index in [1.807, 2.05) is 0 Å². The van der Waals surface area contributed by atoms with Crippen molar-refractivity contribution in [1.82, 2.24) is 10.2 Å². The molecule has 2 saturated heterocycles. The van der Waals surface area contributed by atoms with Gasteiger partial charge in [-0.05, 0) is 56.6 Å². The van der Waals surface area contributed by atoms with Crippen LogP contribution in [0.5, 0.6) is 0 Å². The summed E-state index contributed by atoms with van der Waals surface area (Å²) in [5.41, 5.74) is 3.11. The van der Waals surface area contributed by atoms with Crippen molar-refractivity contribution in [3.05, 3.63) is 35.4 Å². The minimum atomic E-state index is 0.240. The van der Waals surface area contributed by atoms with Crippen LogP contribution in [0.1, 0.15) is 66.5 Å². The summed E-state index contributed by atoms with van der Waals surface area (Å²) in [6, 6.07) is 9.20. The molecule has 30 heavy (non-hydrogen) atoms. The fraction of sp³-hybridized carbons (Fsp3) is 0.769. The molecule has 0 bridgehead atoms. The lowest BCUT2D eigenvalue weighted by Crippen LogP contribution is -2.47. The smallest absolute Gasteiger partial charge is 0.0678 e. The third kappa shape index (κ3) is 9.05. The lowest BCUT2D eigenvalue weighted by atomic mass is 9.86. The molecule has 1 N–H and O–H groups in total. The first-order chi connectivity index (χ1) is 14.0. The highest BCUT2D eigenvalue weighted by atomic mass is 16.5. The summed E-state index contributed by atoms with van der Waals surface area (Å²) >= 11 is 0. The summed E-state index contributed by atoms with van der Waals surface area (Å²) in [7, 11) is 0. The molecule has 2 fully saturated rings. The number of rotatable bonds is 4. The second kappa shape index (κ2) is 11.6. The van der Waals surface area contributed by atoms with Crippen molar-refractivity contribution >= 4 is 0 Å². The number of morpholine rings is 2. The van der Waals surface area contributed by atoms with Crippen LogP contribution < -0.4 is 5.32 Å². The van der Waals surface area contributed by atoms with E-state index >= 15 is 0 Å². The minimum absolute atomic E-state index is 0.240. The van der Waals surface area contributed by atoms with Crippen LogP contribution in [0.4, 0.5) is 0 Å². The Morgan fingerprint density at radius 2 is 1.40 bits per heavy atom. The fourth-order valence-electron chi connectivity index (χ4n) is 4.46. The quantitative estimate of drug-likeness (QED) is 0.771. The summed E-state index contributed by atoms with van der Waals surface area (Å²) < 4.78 is 11.2.